The third kappa shape index (κ3) is 4.32. The summed E-state index contributed by atoms with van der Waals surface area (Å²) >= 11 is 5.80. The Kier molecular flexibility index (Phi) is 5.42. The first-order valence-corrected chi connectivity index (χ1v) is 8.52. The molecule has 0 bridgehead atoms. The lowest BCUT2D eigenvalue weighted by molar-refractivity contribution is -0.135. The highest BCUT2D eigenvalue weighted by Crippen LogP contribution is 2.29. The van der Waals surface area contributed by atoms with Crippen molar-refractivity contribution in [1.29, 1.82) is 0 Å². The molecule has 0 atom stereocenters. The van der Waals surface area contributed by atoms with E-state index in [4.69, 9.17) is 16.3 Å². The van der Waals surface area contributed by atoms with Gasteiger partial charge in [-0.3, -0.25) is 4.79 Å². The number of aromatic hydroxyl groups is 1. The molecule has 1 saturated carbocycles. The average molecular weight is 378 g/mol. The van der Waals surface area contributed by atoms with Gasteiger partial charge in [0.1, 0.15) is 17.1 Å². The van der Waals surface area contributed by atoms with E-state index in [-0.39, 0.29) is 34.7 Å². The molecule has 0 spiro atoms. The van der Waals surface area contributed by atoms with Crippen LogP contribution in [0, 0.1) is 5.82 Å². The van der Waals surface area contributed by atoms with Crippen molar-refractivity contribution in [2.45, 2.75) is 25.4 Å². The van der Waals surface area contributed by atoms with Crippen molar-refractivity contribution >= 4 is 23.5 Å². The number of benzene rings is 2. The largest absolute Gasteiger partial charge is 0.507 e. The monoisotopic (exact) mass is 377 g/mol. The summed E-state index contributed by atoms with van der Waals surface area (Å²) in [6.45, 7) is -0.369. The minimum absolute atomic E-state index is 0.0281. The van der Waals surface area contributed by atoms with Gasteiger partial charge in [-0.25, -0.2) is 9.18 Å². The predicted molar refractivity (Wildman–Crippen MR) is 93.4 cm³/mol. The van der Waals surface area contributed by atoms with E-state index in [2.05, 4.69) is 0 Å². The number of phenolic OH excluding ortho intramolecular Hbond substituents is 1. The topological polar surface area (TPSA) is 66.8 Å². The number of amides is 1. The van der Waals surface area contributed by atoms with Gasteiger partial charge in [0.15, 0.2) is 6.61 Å². The number of rotatable bonds is 6. The predicted octanol–water partition coefficient (Wildman–Crippen LogP) is 3.53. The maximum Gasteiger partial charge on any atom is 0.342 e. The normalized spacial score (nSPS) is 13.3. The molecule has 2 aromatic carbocycles. The summed E-state index contributed by atoms with van der Waals surface area (Å²) < 4.78 is 18.9. The standard InChI is InChI=1S/C19H17ClFNO4/c20-13-5-8-17(23)15(9-13)19(25)26-11-18(24)22(14-6-7-14)10-12-3-1-2-4-16(12)21/h1-5,8-9,14,23H,6-7,10-11H2. The third-order valence-corrected chi connectivity index (χ3v) is 4.35. The van der Waals surface area contributed by atoms with Gasteiger partial charge in [0.05, 0.1) is 0 Å². The second kappa shape index (κ2) is 7.74. The lowest BCUT2D eigenvalue weighted by atomic mass is 10.2. The van der Waals surface area contributed by atoms with Crippen molar-refractivity contribution in [1.82, 2.24) is 4.90 Å². The smallest absolute Gasteiger partial charge is 0.342 e. The zero-order valence-electron chi connectivity index (χ0n) is 13.8. The number of ether oxygens (including phenoxy) is 1. The van der Waals surface area contributed by atoms with Gasteiger partial charge >= 0.3 is 5.97 Å². The minimum Gasteiger partial charge on any atom is -0.507 e. The Bertz CT molecular complexity index is 838. The molecule has 136 valence electrons. The summed E-state index contributed by atoms with van der Waals surface area (Å²) in [6.07, 6.45) is 1.67. The van der Waals surface area contributed by atoms with Crippen LogP contribution in [-0.2, 0) is 16.1 Å². The first kappa shape index (κ1) is 18.2. The zero-order valence-corrected chi connectivity index (χ0v) is 14.6. The van der Waals surface area contributed by atoms with Crippen LogP contribution in [0.15, 0.2) is 42.5 Å². The van der Waals surface area contributed by atoms with Crippen LogP contribution in [0.5, 0.6) is 5.75 Å². The van der Waals surface area contributed by atoms with Gasteiger partial charge in [-0.2, -0.15) is 0 Å². The molecule has 1 N–H and O–H groups in total. The van der Waals surface area contributed by atoms with Crippen molar-refractivity contribution in [3.8, 4) is 5.75 Å². The lowest BCUT2D eigenvalue weighted by Gasteiger charge is -2.22. The van der Waals surface area contributed by atoms with Crippen LogP contribution in [0.3, 0.4) is 0 Å². The number of esters is 1. The Morgan fingerprint density at radius 3 is 2.65 bits per heavy atom. The first-order chi connectivity index (χ1) is 12.5. The molecule has 2 aromatic rings. The maximum atomic E-state index is 13.9. The second-order valence-electron chi connectivity index (χ2n) is 6.08. The van der Waals surface area contributed by atoms with Crippen LogP contribution in [0.1, 0.15) is 28.8 Å². The van der Waals surface area contributed by atoms with E-state index in [0.29, 0.717) is 5.56 Å². The Hall–Kier alpha value is -2.60. The van der Waals surface area contributed by atoms with Gasteiger partial charge in [0.2, 0.25) is 0 Å². The SMILES string of the molecule is O=C(OCC(=O)N(Cc1ccccc1F)C1CC1)c1cc(Cl)ccc1O. The zero-order chi connectivity index (χ0) is 18.7. The highest BCUT2D eigenvalue weighted by Gasteiger charge is 2.33. The number of carbonyl (C=O) groups is 2. The van der Waals surface area contributed by atoms with Crippen LogP contribution in [-0.4, -0.2) is 34.5 Å². The maximum absolute atomic E-state index is 13.9. The molecule has 1 aliphatic carbocycles. The van der Waals surface area contributed by atoms with Crippen LogP contribution in [0.2, 0.25) is 5.02 Å². The van der Waals surface area contributed by atoms with Crippen LogP contribution in [0.4, 0.5) is 4.39 Å². The Balaban J connectivity index is 1.64. The number of hydrogen-bond acceptors (Lipinski definition) is 4. The summed E-state index contributed by atoms with van der Waals surface area (Å²) in [7, 11) is 0. The van der Waals surface area contributed by atoms with Gasteiger partial charge in [-0.1, -0.05) is 29.8 Å². The molecule has 0 unspecified atom stereocenters. The van der Waals surface area contributed by atoms with Crippen molar-refractivity contribution in [2.24, 2.45) is 0 Å². The van der Waals surface area contributed by atoms with E-state index in [1.54, 1.807) is 18.2 Å². The van der Waals surface area contributed by atoms with Gasteiger partial charge in [-0.05, 0) is 37.1 Å². The molecular weight excluding hydrogens is 361 g/mol. The lowest BCUT2D eigenvalue weighted by Crippen LogP contribution is -2.36. The average Bonchev–Trinajstić information content (AvgIpc) is 3.45. The summed E-state index contributed by atoms with van der Waals surface area (Å²) in [4.78, 5) is 26.1. The summed E-state index contributed by atoms with van der Waals surface area (Å²) in [6, 6.07) is 10.2. The van der Waals surface area contributed by atoms with Crippen molar-refractivity contribution in [2.75, 3.05) is 6.61 Å². The molecule has 26 heavy (non-hydrogen) atoms. The summed E-state index contributed by atoms with van der Waals surface area (Å²) in [5.41, 5.74) is 0.295. The fraction of sp³-hybridized carbons (Fsp3) is 0.263. The van der Waals surface area contributed by atoms with Crippen LogP contribution >= 0.6 is 11.6 Å². The van der Waals surface area contributed by atoms with E-state index >= 15 is 0 Å². The number of nitrogens with zero attached hydrogens (tertiary/aromatic N) is 1. The van der Waals surface area contributed by atoms with E-state index in [1.807, 2.05) is 0 Å². The van der Waals surface area contributed by atoms with Gasteiger partial charge < -0.3 is 14.7 Å². The summed E-state index contributed by atoms with van der Waals surface area (Å²) in [5, 5.41) is 9.97. The van der Waals surface area contributed by atoms with Gasteiger partial charge in [-0.15, -0.1) is 0 Å². The quantitative estimate of drug-likeness (QED) is 0.782. The molecule has 0 heterocycles. The first-order valence-electron chi connectivity index (χ1n) is 8.14. The number of carbonyl (C=O) groups excluding carboxylic acids is 2. The molecular formula is C19H17ClFNO4. The minimum atomic E-state index is -0.847. The van der Waals surface area contributed by atoms with Crippen molar-refractivity contribution < 1.29 is 23.8 Å². The Labute approximate surface area is 154 Å². The van der Waals surface area contributed by atoms with Crippen molar-refractivity contribution in [3.05, 3.63) is 64.4 Å². The molecule has 3 rings (SSSR count). The molecule has 0 saturated heterocycles. The highest BCUT2D eigenvalue weighted by molar-refractivity contribution is 6.31. The molecule has 0 aliphatic heterocycles. The fourth-order valence-corrected chi connectivity index (χ4v) is 2.75. The van der Waals surface area contributed by atoms with Crippen LogP contribution < -0.4 is 0 Å². The molecule has 0 radical (unpaired) electrons. The van der Waals surface area contributed by atoms with E-state index in [9.17, 15) is 19.1 Å². The van der Waals surface area contributed by atoms with Gasteiger partial charge in [0.25, 0.3) is 5.91 Å². The molecule has 1 fully saturated rings. The Morgan fingerprint density at radius 2 is 1.96 bits per heavy atom. The third-order valence-electron chi connectivity index (χ3n) is 4.11. The Morgan fingerprint density at radius 1 is 1.23 bits per heavy atom. The molecule has 1 amide bonds. The fourth-order valence-electron chi connectivity index (χ4n) is 2.58. The van der Waals surface area contributed by atoms with E-state index < -0.39 is 18.5 Å². The molecule has 0 aromatic heterocycles. The molecule has 1 aliphatic rings. The second-order valence-corrected chi connectivity index (χ2v) is 6.52. The van der Waals surface area contributed by atoms with Gasteiger partial charge in [0, 0.05) is 23.2 Å². The van der Waals surface area contributed by atoms with Crippen LogP contribution in [0.25, 0.3) is 0 Å². The summed E-state index contributed by atoms with van der Waals surface area (Å²) in [5.74, 6) is -1.92. The van der Waals surface area contributed by atoms with E-state index in [1.165, 1.54) is 29.2 Å². The number of phenols is 1. The number of halogens is 2. The van der Waals surface area contributed by atoms with Crippen molar-refractivity contribution in [3.63, 3.8) is 0 Å². The number of hydrogen-bond donors (Lipinski definition) is 1. The van der Waals surface area contributed by atoms with E-state index in [0.717, 1.165) is 12.8 Å². The highest BCUT2D eigenvalue weighted by atomic mass is 35.5. The molecule has 7 heteroatoms. The molecule has 5 nitrogen and oxygen atoms in total.